The highest BCUT2D eigenvalue weighted by Crippen LogP contribution is 2.08. The molecule has 2 nitrogen and oxygen atoms in total. The number of benzene rings is 1. The molecular weight excluding hydrogens is 208 g/mol. The molecule has 0 radical (unpaired) electrons. The van der Waals surface area contributed by atoms with Gasteiger partial charge in [0.25, 0.3) is 0 Å². The summed E-state index contributed by atoms with van der Waals surface area (Å²) in [5, 5.41) is 0. The first kappa shape index (κ1) is 14.2. The van der Waals surface area contributed by atoms with Crippen molar-refractivity contribution in [2.24, 2.45) is 5.92 Å². The maximum atomic E-state index is 3.30. The normalized spacial score (nSPS) is 11.1. The highest BCUT2D eigenvalue weighted by atomic mass is 15.3. The summed E-state index contributed by atoms with van der Waals surface area (Å²) in [5.41, 5.74) is 9.42. The van der Waals surface area contributed by atoms with E-state index in [-0.39, 0.29) is 0 Å². The van der Waals surface area contributed by atoms with Crippen LogP contribution in [0.15, 0.2) is 24.3 Å². The van der Waals surface area contributed by atoms with Crippen LogP contribution < -0.4 is 10.9 Å². The first-order valence-corrected chi connectivity index (χ1v) is 6.76. The third-order valence-electron chi connectivity index (χ3n) is 2.99. The van der Waals surface area contributed by atoms with Crippen LogP contribution in [0.2, 0.25) is 0 Å². The van der Waals surface area contributed by atoms with Crippen LogP contribution in [0.4, 0.5) is 0 Å². The molecule has 0 heterocycles. The van der Waals surface area contributed by atoms with Crippen molar-refractivity contribution >= 4 is 0 Å². The Labute approximate surface area is 106 Å². The molecule has 0 fully saturated rings. The van der Waals surface area contributed by atoms with E-state index in [0.29, 0.717) is 0 Å². The highest BCUT2D eigenvalue weighted by molar-refractivity contribution is 5.26. The molecule has 1 aromatic rings. The molecule has 1 aromatic carbocycles. The monoisotopic (exact) mass is 234 g/mol. The van der Waals surface area contributed by atoms with E-state index >= 15 is 0 Å². The predicted octanol–water partition coefficient (Wildman–Crippen LogP) is 3.28. The van der Waals surface area contributed by atoms with Crippen LogP contribution in [-0.4, -0.2) is 6.54 Å². The lowest BCUT2D eigenvalue weighted by Crippen LogP contribution is -2.32. The molecule has 0 aliphatic rings. The average molecular weight is 234 g/mol. The van der Waals surface area contributed by atoms with Gasteiger partial charge in [0, 0.05) is 13.1 Å². The van der Waals surface area contributed by atoms with Gasteiger partial charge in [0.2, 0.25) is 0 Å². The Bertz CT molecular complexity index is 308. The summed E-state index contributed by atoms with van der Waals surface area (Å²) in [6.45, 7) is 8.70. The van der Waals surface area contributed by atoms with Crippen molar-refractivity contribution in [1.82, 2.24) is 10.9 Å². The molecule has 0 aliphatic carbocycles. The van der Waals surface area contributed by atoms with Gasteiger partial charge >= 0.3 is 0 Å². The average Bonchev–Trinajstić information content (AvgIpc) is 2.33. The lowest BCUT2D eigenvalue weighted by Gasteiger charge is -2.10. The van der Waals surface area contributed by atoms with E-state index in [1.807, 2.05) is 0 Å². The molecular formula is C15H26N2. The maximum Gasteiger partial charge on any atom is 0.0353 e. The van der Waals surface area contributed by atoms with Gasteiger partial charge in [-0.2, -0.15) is 0 Å². The predicted molar refractivity (Wildman–Crippen MR) is 74.7 cm³/mol. The topological polar surface area (TPSA) is 24.1 Å². The molecule has 96 valence electrons. The van der Waals surface area contributed by atoms with Crippen molar-refractivity contribution in [2.75, 3.05) is 6.54 Å². The van der Waals surface area contributed by atoms with E-state index in [1.165, 1.54) is 24.0 Å². The maximum absolute atomic E-state index is 3.30. The fraction of sp³-hybridized carbons (Fsp3) is 0.600. The third kappa shape index (κ3) is 5.85. The van der Waals surface area contributed by atoms with E-state index in [9.17, 15) is 0 Å². The lowest BCUT2D eigenvalue weighted by atomic mass is 10.1. The first-order valence-electron chi connectivity index (χ1n) is 6.76. The highest BCUT2D eigenvalue weighted by Gasteiger charge is 1.98. The zero-order valence-corrected chi connectivity index (χ0v) is 11.4. The van der Waals surface area contributed by atoms with Crippen molar-refractivity contribution in [1.29, 1.82) is 0 Å². The summed E-state index contributed by atoms with van der Waals surface area (Å²) in [6, 6.07) is 8.62. The summed E-state index contributed by atoms with van der Waals surface area (Å²) >= 11 is 0. The van der Waals surface area contributed by atoms with Crippen LogP contribution in [0.5, 0.6) is 0 Å². The van der Waals surface area contributed by atoms with Crippen LogP contribution in [-0.2, 0) is 13.0 Å². The fourth-order valence-corrected chi connectivity index (χ4v) is 1.92. The minimum absolute atomic E-state index is 0.803. The molecule has 0 aromatic heterocycles. The lowest BCUT2D eigenvalue weighted by molar-refractivity contribution is 0.476. The van der Waals surface area contributed by atoms with Crippen molar-refractivity contribution < 1.29 is 0 Å². The molecule has 1 rings (SSSR count). The van der Waals surface area contributed by atoms with E-state index < -0.39 is 0 Å². The third-order valence-corrected chi connectivity index (χ3v) is 2.99. The quantitative estimate of drug-likeness (QED) is 0.533. The molecule has 0 unspecified atom stereocenters. The van der Waals surface area contributed by atoms with Crippen LogP contribution in [0.3, 0.4) is 0 Å². The van der Waals surface area contributed by atoms with Gasteiger partial charge in [-0.3, -0.25) is 10.9 Å². The molecule has 0 bridgehead atoms. The number of hydrazine groups is 1. The van der Waals surface area contributed by atoms with Gasteiger partial charge in [0.05, 0.1) is 0 Å². The van der Waals surface area contributed by atoms with Crippen LogP contribution in [0.1, 0.15) is 44.7 Å². The van der Waals surface area contributed by atoms with Gasteiger partial charge in [-0.15, -0.1) is 0 Å². The van der Waals surface area contributed by atoms with Gasteiger partial charge < -0.3 is 0 Å². The van der Waals surface area contributed by atoms with Crippen molar-refractivity contribution in [2.45, 2.75) is 46.6 Å². The standard InChI is InChI=1S/C15H26N2/c1-4-14-9-5-6-10-15(14)12-17-16-11-7-8-13(2)3/h5-6,9-10,13,16-17H,4,7-8,11-12H2,1-3H3. The molecule has 0 amide bonds. The number of hydrogen-bond acceptors (Lipinski definition) is 2. The fourth-order valence-electron chi connectivity index (χ4n) is 1.92. The molecule has 2 N–H and O–H groups in total. The van der Waals surface area contributed by atoms with Gasteiger partial charge in [-0.05, 0) is 36.3 Å². The first-order chi connectivity index (χ1) is 8.24. The number of rotatable bonds is 8. The van der Waals surface area contributed by atoms with Gasteiger partial charge in [0.1, 0.15) is 0 Å². The second kappa shape index (κ2) is 8.26. The summed E-state index contributed by atoms with van der Waals surface area (Å²) in [5.74, 6) is 0.803. The summed E-state index contributed by atoms with van der Waals surface area (Å²) in [6.07, 6.45) is 3.63. The second-order valence-corrected chi connectivity index (χ2v) is 4.94. The van der Waals surface area contributed by atoms with Crippen LogP contribution in [0, 0.1) is 5.92 Å². The zero-order valence-electron chi connectivity index (χ0n) is 11.4. The summed E-state index contributed by atoms with van der Waals surface area (Å²) in [4.78, 5) is 0. The Hall–Kier alpha value is -0.860. The van der Waals surface area contributed by atoms with Crippen molar-refractivity contribution in [3.05, 3.63) is 35.4 Å². The van der Waals surface area contributed by atoms with Crippen molar-refractivity contribution in [3.63, 3.8) is 0 Å². The minimum atomic E-state index is 0.803. The van der Waals surface area contributed by atoms with Gasteiger partial charge in [-0.1, -0.05) is 45.0 Å². The van der Waals surface area contributed by atoms with E-state index in [0.717, 1.165) is 25.4 Å². The van der Waals surface area contributed by atoms with E-state index in [1.54, 1.807) is 0 Å². The summed E-state index contributed by atoms with van der Waals surface area (Å²) in [7, 11) is 0. The smallest absolute Gasteiger partial charge is 0.0353 e. The minimum Gasteiger partial charge on any atom is -0.258 e. The molecule has 0 aliphatic heterocycles. The Kier molecular flexibility index (Phi) is 6.90. The van der Waals surface area contributed by atoms with Gasteiger partial charge in [-0.25, -0.2) is 0 Å². The second-order valence-electron chi connectivity index (χ2n) is 4.94. The van der Waals surface area contributed by atoms with Gasteiger partial charge in [0.15, 0.2) is 0 Å². The molecule has 0 saturated heterocycles. The Morgan fingerprint density at radius 1 is 1.06 bits per heavy atom. The largest absolute Gasteiger partial charge is 0.258 e. The number of nitrogens with one attached hydrogen (secondary N) is 2. The zero-order chi connectivity index (χ0) is 12.5. The Morgan fingerprint density at radius 2 is 1.76 bits per heavy atom. The van der Waals surface area contributed by atoms with Crippen molar-refractivity contribution in [3.8, 4) is 0 Å². The Morgan fingerprint density at radius 3 is 2.41 bits per heavy atom. The van der Waals surface area contributed by atoms with E-state index in [2.05, 4.69) is 55.9 Å². The molecule has 2 heteroatoms. The molecule has 0 spiro atoms. The Balaban J connectivity index is 2.17. The number of aryl methyl sites for hydroxylation is 1. The molecule has 17 heavy (non-hydrogen) atoms. The number of hydrogen-bond donors (Lipinski definition) is 2. The van der Waals surface area contributed by atoms with E-state index in [4.69, 9.17) is 0 Å². The summed E-state index contributed by atoms with van der Waals surface area (Å²) < 4.78 is 0. The molecule has 0 atom stereocenters. The van der Waals surface area contributed by atoms with Crippen LogP contribution >= 0.6 is 0 Å². The molecule has 0 saturated carbocycles. The SMILES string of the molecule is CCc1ccccc1CNNCCCC(C)C. The van der Waals surface area contributed by atoms with Crippen LogP contribution in [0.25, 0.3) is 0 Å².